The van der Waals surface area contributed by atoms with Gasteiger partial charge in [0, 0.05) is 26.6 Å². The van der Waals surface area contributed by atoms with Crippen LogP contribution in [-0.4, -0.2) is 4.40 Å². The van der Waals surface area contributed by atoms with Crippen molar-refractivity contribution in [3.05, 3.63) is 64.6 Å². The van der Waals surface area contributed by atoms with Crippen LogP contribution in [0.25, 0.3) is 38.1 Å². The van der Waals surface area contributed by atoms with Crippen LogP contribution in [0.2, 0.25) is 10.0 Å². The summed E-state index contributed by atoms with van der Waals surface area (Å²) in [6.07, 6.45) is 0. The number of nitrogens with zero attached hydrogens (tertiary/aromatic N) is 1. The van der Waals surface area contributed by atoms with E-state index in [1.54, 1.807) is 0 Å². The van der Waals surface area contributed by atoms with E-state index in [1.807, 2.05) is 24.3 Å². The van der Waals surface area contributed by atoms with Crippen LogP contribution in [0, 0.1) is 0 Å². The van der Waals surface area contributed by atoms with E-state index >= 15 is 0 Å². The molecular weight excluding hydrogens is 301 g/mol. The molecule has 0 N–H and O–H groups in total. The molecule has 0 aliphatic rings. The minimum absolute atomic E-state index is 0.756. The third-order valence-electron chi connectivity index (χ3n) is 4.25. The Morgan fingerprint density at radius 3 is 2.14 bits per heavy atom. The highest BCUT2D eigenvalue weighted by Crippen LogP contribution is 2.41. The fourth-order valence-corrected chi connectivity index (χ4v) is 3.88. The largest absolute Gasteiger partial charge is 0.306 e. The Labute approximate surface area is 130 Å². The van der Waals surface area contributed by atoms with Crippen LogP contribution in [0.5, 0.6) is 0 Å². The van der Waals surface area contributed by atoms with E-state index in [4.69, 9.17) is 23.2 Å². The predicted octanol–water partition coefficient (Wildman–Crippen LogP) is 6.14. The van der Waals surface area contributed by atoms with Crippen LogP contribution in [0.3, 0.4) is 0 Å². The Morgan fingerprint density at radius 2 is 1.33 bits per heavy atom. The average molecular weight is 310 g/mol. The van der Waals surface area contributed by atoms with Gasteiger partial charge in [-0.15, -0.1) is 0 Å². The van der Waals surface area contributed by atoms with Crippen molar-refractivity contribution in [1.82, 2.24) is 4.40 Å². The van der Waals surface area contributed by atoms with Gasteiger partial charge in [0.1, 0.15) is 0 Å². The highest BCUT2D eigenvalue weighted by molar-refractivity contribution is 6.38. The fourth-order valence-electron chi connectivity index (χ4n) is 3.45. The molecule has 2 aromatic heterocycles. The molecule has 0 fully saturated rings. The third-order valence-corrected chi connectivity index (χ3v) is 4.79. The lowest BCUT2D eigenvalue weighted by molar-refractivity contribution is 1.37. The van der Waals surface area contributed by atoms with Gasteiger partial charge in [-0.05, 0) is 24.3 Å². The van der Waals surface area contributed by atoms with Crippen molar-refractivity contribution in [1.29, 1.82) is 0 Å². The van der Waals surface area contributed by atoms with Crippen molar-refractivity contribution in [3.8, 4) is 0 Å². The van der Waals surface area contributed by atoms with E-state index in [0.29, 0.717) is 0 Å². The lowest BCUT2D eigenvalue weighted by Gasteiger charge is -1.99. The van der Waals surface area contributed by atoms with Crippen molar-refractivity contribution >= 4 is 61.3 Å². The molecule has 5 rings (SSSR count). The SMILES string of the molecule is Clc1ccc2c(c1)c1cccc3c4cccc(Cl)c4n2c13. The third kappa shape index (κ3) is 1.33. The summed E-state index contributed by atoms with van der Waals surface area (Å²) in [5, 5.41) is 6.35. The molecule has 0 unspecified atom stereocenters. The average Bonchev–Trinajstić information content (AvgIpc) is 2.99. The smallest absolute Gasteiger partial charge is 0.0727 e. The van der Waals surface area contributed by atoms with Gasteiger partial charge in [-0.2, -0.15) is 0 Å². The number of hydrogen-bond acceptors (Lipinski definition) is 0. The van der Waals surface area contributed by atoms with Gasteiger partial charge in [-0.3, -0.25) is 0 Å². The summed E-state index contributed by atoms with van der Waals surface area (Å²) in [5.74, 6) is 0. The van der Waals surface area contributed by atoms with Crippen LogP contribution in [-0.2, 0) is 0 Å². The van der Waals surface area contributed by atoms with Crippen molar-refractivity contribution in [2.75, 3.05) is 0 Å². The minimum Gasteiger partial charge on any atom is -0.306 e. The zero-order valence-electron chi connectivity index (χ0n) is 10.9. The monoisotopic (exact) mass is 309 g/mol. The first-order valence-corrected chi connectivity index (χ1v) is 7.53. The van der Waals surface area contributed by atoms with E-state index in [1.165, 1.54) is 27.1 Å². The molecule has 2 heterocycles. The summed E-state index contributed by atoms with van der Waals surface area (Å²) in [6.45, 7) is 0. The zero-order valence-corrected chi connectivity index (χ0v) is 12.4. The summed E-state index contributed by atoms with van der Waals surface area (Å²) in [6, 6.07) is 18.5. The number of rotatable bonds is 0. The van der Waals surface area contributed by atoms with Crippen molar-refractivity contribution in [2.24, 2.45) is 0 Å². The summed E-state index contributed by atoms with van der Waals surface area (Å²) >= 11 is 12.7. The maximum atomic E-state index is 6.49. The second kappa shape index (κ2) is 3.82. The van der Waals surface area contributed by atoms with Gasteiger partial charge in [-0.25, -0.2) is 0 Å². The molecule has 0 aliphatic carbocycles. The van der Waals surface area contributed by atoms with Gasteiger partial charge < -0.3 is 4.40 Å². The summed E-state index contributed by atoms with van der Waals surface area (Å²) < 4.78 is 2.26. The molecule has 0 saturated heterocycles. The number of halogens is 2. The molecule has 0 atom stereocenters. The Kier molecular flexibility index (Phi) is 2.12. The first-order chi connectivity index (χ1) is 10.3. The topological polar surface area (TPSA) is 4.41 Å². The molecule has 0 amide bonds. The van der Waals surface area contributed by atoms with Gasteiger partial charge in [0.05, 0.1) is 21.6 Å². The first-order valence-electron chi connectivity index (χ1n) is 6.77. The van der Waals surface area contributed by atoms with Crippen molar-refractivity contribution in [3.63, 3.8) is 0 Å². The van der Waals surface area contributed by atoms with Gasteiger partial charge in [0.25, 0.3) is 0 Å². The Balaban J connectivity index is 2.27. The fraction of sp³-hybridized carbons (Fsp3) is 0. The van der Waals surface area contributed by atoms with Crippen LogP contribution < -0.4 is 0 Å². The molecule has 0 saturated carbocycles. The molecule has 0 aliphatic heterocycles. The second-order valence-corrected chi connectivity index (χ2v) is 6.18. The summed E-state index contributed by atoms with van der Waals surface area (Å²) in [4.78, 5) is 0. The van der Waals surface area contributed by atoms with E-state index in [9.17, 15) is 0 Å². The highest BCUT2D eigenvalue weighted by atomic mass is 35.5. The maximum absolute atomic E-state index is 6.49. The number of aromatic nitrogens is 1. The Morgan fingerprint density at radius 1 is 0.667 bits per heavy atom. The maximum Gasteiger partial charge on any atom is 0.0727 e. The lowest BCUT2D eigenvalue weighted by Crippen LogP contribution is -1.81. The highest BCUT2D eigenvalue weighted by Gasteiger charge is 2.18. The number of para-hydroxylation sites is 2. The molecule has 5 aromatic rings. The van der Waals surface area contributed by atoms with E-state index in [2.05, 4.69) is 34.7 Å². The molecule has 0 spiro atoms. The molecule has 1 nitrogen and oxygen atoms in total. The summed E-state index contributed by atoms with van der Waals surface area (Å²) in [7, 11) is 0. The number of hydrogen-bond donors (Lipinski definition) is 0. The van der Waals surface area contributed by atoms with E-state index in [0.717, 1.165) is 21.1 Å². The van der Waals surface area contributed by atoms with Crippen LogP contribution in [0.4, 0.5) is 0 Å². The summed E-state index contributed by atoms with van der Waals surface area (Å²) in [5.41, 5.74) is 3.44. The molecule has 0 bridgehead atoms. The Bertz CT molecular complexity index is 1150. The molecule has 3 heteroatoms. The van der Waals surface area contributed by atoms with Crippen LogP contribution in [0.1, 0.15) is 0 Å². The quantitative estimate of drug-likeness (QED) is 0.323. The molecule has 21 heavy (non-hydrogen) atoms. The van der Waals surface area contributed by atoms with E-state index in [-0.39, 0.29) is 0 Å². The number of fused-ring (bicyclic) bond motifs is 6. The first kappa shape index (κ1) is 11.7. The molecule has 100 valence electrons. The van der Waals surface area contributed by atoms with Crippen molar-refractivity contribution < 1.29 is 0 Å². The zero-order chi connectivity index (χ0) is 14.1. The van der Waals surface area contributed by atoms with Gasteiger partial charge in [0.2, 0.25) is 0 Å². The predicted molar refractivity (Wildman–Crippen MR) is 91.1 cm³/mol. The molecule has 0 radical (unpaired) electrons. The standard InChI is InChI=1S/C18H9Cl2N/c19-10-7-8-16-14(9-10)13-4-1-3-11-12-5-2-6-15(20)18(12)21(16)17(11)13/h1-9H. The van der Waals surface area contributed by atoms with Gasteiger partial charge in [-0.1, -0.05) is 53.5 Å². The van der Waals surface area contributed by atoms with E-state index < -0.39 is 0 Å². The van der Waals surface area contributed by atoms with Gasteiger partial charge >= 0.3 is 0 Å². The second-order valence-electron chi connectivity index (χ2n) is 5.33. The van der Waals surface area contributed by atoms with Crippen LogP contribution >= 0.6 is 23.2 Å². The van der Waals surface area contributed by atoms with Crippen molar-refractivity contribution in [2.45, 2.75) is 0 Å². The minimum atomic E-state index is 0.756. The Hall–Kier alpha value is -1.96. The number of benzene rings is 3. The lowest BCUT2D eigenvalue weighted by atomic mass is 10.1. The van der Waals surface area contributed by atoms with Crippen LogP contribution in [0.15, 0.2) is 54.6 Å². The molecular formula is C18H9Cl2N. The molecule has 3 aromatic carbocycles. The van der Waals surface area contributed by atoms with Gasteiger partial charge in [0.15, 0.2) is 0 Å². The normalized spacial score (nSPS) is 12.3.